The molecule has 28 heavy (non-hydrogen) atoms. The Morgan fingerprint density at radius 3 is 2.11 bits per heavy atom. The summed E-state index contributed by atoms with van der Waals surface area (Å²) in [4.78, 5) is 2.39. The molecule has 0 unspecified atom stereocenters. The van der Waals surface area contributed by atoms with Crippen LogP contribution in [0, 0.1) is 0 Å². The van der Waals surface area contributed by atoms with Crippen molar-refractivity contribution in [2.75, 3.05) is 26.2 Å². The third-order valence-corrected chi connectivity index (χ3v) is 5.64. The van der Waals surface area contributed by atoms with Crippen molar-refractivity contribution in [3.63, 3.8) is 0 Å². The van der Waals surface area contributed by atoms with E-state index in [1.807, 2.05) is 4.90 Å². The molecule has 1 aliphatic rings. The quantitative estimate of drug-likeness (QED) is 0.572. The molecule has 0 amide bonds. The number of halogens is 8. The van der Waals surface area contributed by atoms with Gasteiger partial charge in [0.1, 0.15) is 0 Å². The SMILES string of the molecule is Cl.FC(F)(F)c1ccc([C@@H](c2ccc(Cl)s2)N2CCNCC2)c(C(F)(F)F)c1. The Hall–Kier alpha value is -1.00. The molecule has 156 valence electrons. The number of rotatable bonds is 3. The van der Waals surface area contributed by atoms with Crippen LogP contribution >= 0.6 is 35.3 Å². The summed E-state index contributed by atoms with van der Waals surface area (Å²) in [7, 11) is 0. The molecule has 2 heterocycles. The van der Waals surface area contributed by atoms with Crippen LogP contribution in [0.4, 0.5) is 26.3 Å². The van der Waals surface area contributed by atoms with Crippen LogP contribution in [-0.2, 0) is 12.4 Å². The Kier molecular flexibility index (Phi) is 7.31. The molecule has 0 spiro atoms. The van der Waals surface area contributed by atoms with Gasteiger partial charge in [-0.15, -0.1) is 23.7 Å². The molecule has 2 aromatic rings. The van der Waals surface area contributed by atoms with Crippen molar-refractivity contribution in [3.05, 3.63) is 56.2 Å². The minimum absolute atomic E-state index is 0. The molecule has 1 aromatic heterocycles. The number of hydrogen-bond acceptors (Lipinski definition) is 3. The smallest absolute Gasteiger partial charge is 0.314 e. The van der Waals surface area contributed by atoms with Gasteiger partial charge in [-0.05, 0) is 29.8 Å². The van der Waals surface area contributed by atoms with Gasteiger partial charge in [0.25, 0.3) is 0 Å². The number of piperazine rings is 1. The third-order valence-electron chi connectivity index (χ3n) is 4.36. The number of nitrogens with one attached hydrogen (secondary N) is 1. The van der Waals surface area contributed by atoms with E-state index in [1.54, 1.807) is 12.1 Å². The largest absolute Gasteiger partial charge is 0.416 e. The summed E-state index contributed by atoms with van der Waals surface area (Å²) in [5.41, 5.74) is -2.79. The highest BCUT2D eigenvalue weighted by atomic mass is 35.5. The van der Waals surface area contributed by atoms with Crippen molar-refractivity contribution in [3.8, 4) is 0 Å². The number of thiophene rings is 1. The van der Waals surface area contributed by atoms with E-state index in [9.17, 15) is 26.3 Å². The molecule has 2 nitrogen and oxygen atoms in total. The number of nitrogens with zero attached hydrogens (tertiary/aromatic N) is 1. The first kappa shape index (κ1) is 23.3. The normalized spacial score (nSPS) is 17.2. The van der Waals surface area contributed by atoms with Crippen LogP contribution in [-0.4, -0.2) is 31.1 Å². The van der Waals surface area contributed by atoms with Gasteiger partial charge in [-0.1, -0.05) is 17.7 Å². The summed E-state index contributed by atoms with van der Waals surface area (Å²) < 4.78 is 80.2. The number of alkyl halides is 6. The fourth-order valence-electron chi connectivity index (χ4n) is 3.16. The monoisotopic (exact) mass is 464 g/mol. The maximum atomic E-state index is 13.6. The first-order valence-electron chi connectivity index (χ1n) is 8.05. The van der Waals surface area contributed by atoms with E-state index < -0.39 is 29.5 Å². The lowest BCUT2D eigenvalue weighted by Gasteiger charge is -2.36. The highest BCUT2D eigenvalue weighted by Gasteiger charge is 2.41. The third kappa shape index (κ3) is 5.13. The second-order valence-electron chi connectivity index (χ2n) is 6.13. The molecule has 11 heteroatoms. The highest BCUT2D eigenvalue weighted by molar-refractivity contribution is 7.16. The molecule has 1 saturated heterocycles. The van der Waals surface area contributed by atoms with Crippen LogP contribution in [0.3, 0.4) is 0 Å². The van der Waals surface area contributed by atoms with Gasteiger partial charge in [-0.25, -0.2) is 0 Å². The summed E-state index contributed by atoms with van der Waals surface area (Å²) in [5.74, 6) is 0. The van der Waals surface area contributed by atoms with Crippen molar-refractivity contribution in [2.45, 2.75) is 18.4 Å². The van der Waals surface area contributed by atoms with E-state index in [4.69, 9.17) is 11.6 Å². The topological polar surface area (TPSA) is 15.3 Å². The predicted octanol–water partition coefficient (Wildman–Crippen LogP) is 5.86. The minimum Gasteiger partial charge on any atom is -0.314 e. The van der Waals surface area contributed by atoms with Gasteiger partial charge < -0.3 is 5.32 Å². The van der Waals surface area contributed by atoms with Gasteiger partial charge in [0.15, 0.2) is 0 Å². The van der Waals surface area contributed by atoms with Crippen molar-refractivity contribution in [1.29, 1.82) is 0 Å². The summed E-state index contributed by atoms with van der Waals surface area (Å²) >= 11 is 7.09. The maximum absolute atomic E-state index is 13.6. The molecule has 0 radical (unpaired) electrons. The summed E-state index contributed by atoms with van der Waals surface area (Å²) in [6, 6.07) is 4.22. The van der Waals surface area contributed by atoms with Crippen LogP contribution in [0.15, 0.2) is 30.3 Å². The predicted molar refractivity (Wildman–Crippen MR) is 99.3 cm³/mol. The van der Waals surface area contributed by atoms with Gasteiger partial charge >= 0.3 is 12.4 Å². The van der Waals surface area contributed by atoms with Gasteiger partial charge in [-0.2, -0.15) is 26.3 Å². The molecule has 1 aromatic carbocycles. The first-order valence-corrected chi connectivity index (χ1v) is 9.25. The average molecular weight is 465 g/mol. The fraction of sp³-hybridized carbons (Fsp3) is 0.412. The van der Waals surface area contributed by atoms with Gasteiger partial charge in [0.2, 0.25) is 0 Å². The summed E-state index contributed by atoms with van der Waals surface area (Å²) in [6.07, 6.45) is -9.76. The molecule has 0 aliphatic carbocycles. The minimum atomic E-state index is -4.91. The van der Waals surface area contributed by atoms with Crippen molar-refractivity contribution in [2.24, 2.45) is 0 Å². The van der Waals surface area contributed by atoms with Gasteiger partial charge in [0, 0.05) is 31.1 Å². The van der Waals surface area contributed by atoms with Crippen LogP contribution in [0.2, 0.25) is 4.34 Å². The Balaban J connectivity index is 0.00000280. The molecule has 1 N–H and O–H groups in total. The first-order chi connectivity index (χ1) is 12.6. The van der Waals surface area contributed by atoms with E-state index in [2.05, 4.69) is 5.32 Å². The molecule has 1 aliphatic heterocycles. The average Bonchev–Trinajstić information content (AvgIpc) is 3.00. The number of hydrogen-bond donors (Lipinski definition) is 1. The highest BCUT2D eigenvalue weighted by Crippen LogP contribution is 2.43. The Labute approximate surface area is 172 Å². The van der Waals surface area contributed by atoms with E-state index in [0.717, 1.165) is 17.4 Å². The number of benzene rings is 1. The molecule has 0 bridgehead atoms. The zero-order valence-electron chi connectivity index (χ0n) is 14.2. The Morgan fingerprint density at radius 1 is 0.964 bits per heavy atom. The van der Waals surface area contributed by atoms with Crippen molar-refractivity contribution in [1.82, 2.24) is 10.2 Å². The van der Waals surface area contributed by atoms with Crippen LogP contribution < -0.4 is 5.32 Å². The fourth-order valence-corrected chi connectivity index (χ4v) is 4.38. The zero-order valence-corrected chi connectivity index (χ0v) is 16.6. The lowest BCUT2D eigenvalue weighted by atomic mass is 9.94. The Morgan fingerprint density at radius 2 is 1.61 bits per heavy atom. The summed E-state index contributed by atoms with van der Waals surface area (Å²) in [6.45, 7) is 2.10. The lowest BCUT2D eigenvalue weighted by molar-refractivity contribution is -0.143. The zero-order chi connectivity index (χ0) is 19.8. The van der Waals surface area contributed by atoms with E-state index in [1.165, 1.54) is 0 Å². The van der Waals surface area contributed by atoms with Crippen LogP contribution in [0.5, 0.6) is 0 Å². The van der Waals surface area contributed by atoms with E-state index >= 15 is 0 Å². The molecule has 1 fully saturated rings. The van der Waals surface area contributed by atoms with Crippen LogP contribution in [0.1, 0.15) is 27.6 Å². The summed E-state index contributed by atoms with van der Waals surface area (Å²) in [5, 5.41) is 3.12. The second-order valence-corrected chi connectivity index (χ2v) is 7.87. The molecule has 3 rings (SSSR count). The van der Waals surface area contributed by atoms with Gasteiger partial charge in [-0.3, -0.25) is 4.90 Å². The maximum Gasteiger partial charge on any atom is 0.416 e. The van der Waals surface area contributed by atoms with Crippen molar-refractivity contribution >= 4 is 35.3 Å². The molecule has 1 atom stereocenters. The second kappa shape index (κ2) is 8.79. The van der Waals surface area contributed by atoms with Crippen LogP contribution in [0.25, 0.3) is 0 Å². The van der Waals surface area contributed by atoms with Crippen molar-refractivity contribution < 1.29 is 26.3 Å². The Bertz CT molecular complexity index is 800. The molecular formula is C17H16Cl2F6N2S. The molecular weight excluding hydrogens is 449 g/mol. The van der Waals surface area contributed by atoms with Gasteiger partial charge in [0.05, 0.1) is 21.5 Å². The standard InChI is InChI=1S/C17H15ClF6N2S.ClH/c18-14-4-3-13(27-14)15(26-7-5-25-6-8-26)11-2-1-10(16(19,20)21)9-12(11)17(22,23)24;/h1-4,9,15,25H,5-8H2;1H/t15-;/m0./s1. The molecule has 0 saturated carbocycles. The van der Waals surface area contributed by atoms with E-state index in [-0.39, 0.29) is 24.0 Å². The van der Waals surface area contributed by atoms with E-state index in [0.29, 0.717) is 41.5 Å². The lowest BCUT2D eigenvalue weighted by Crippen LogP contribution is -2.45.